The number of hydrogen-bond acceptors (Lipinski definition) is 3. The maximum atomic E-state index is 5.94. The maximum Gasteiger partial charge on any atom is 0.173 e. The van der Waals surface area contributed by atoms with E-state index in [4.69, 9.17) is 5.73 Å². The summed E-state index contributed by atoms with van der Waals surface area (Å²) in [5.41, 5.74) is 6.74. The molecule has 0 atom stereocenters. The van der Waals surface area contributed by atoms with Crippen molar-refractivity contribution in [1.82, 2.24) is 9.78 Å². The average Bonchev–Trinajstić information content (AvgIpc) is 2.45. The third-order valence-corrected chi connectivity index (χ3v) is 2.99. The molecule has 0 amide bonds. The van der Waals surface area contributed by atoms with Gasteiger partial charge in [0.2, 0.25) is 0 Å². The first-order valence-electron chi connectivity index (χ1n) is 5.81. The molecule has 1 saturated heterocycles. The van der Waals surface area contributed by atoms with E-state index in [9.17, 15) is 0 Å². The van der Waals surface area contributed by atoms with Crippen molar-refractivity contribution < 1.29 is 0 Å². The molecule has 1 aromatic rings. The van der Waals surface area contributed by atoms with Crippen LogP contribution in [-0.4, -0.2) is 22.9 Å². The Kier molecular flexibility index (Phi) is 3.14. The Balaban J connectivity index is 2.09. The molecular formula is C11H20N4. The van der Waals surface area contributed by atoms with Crippen LogP contribution in [0.3, 0.4) is 0 Å². The topological polar surface area (TPSA) is 47.1 Å². The summed E-state index contributed by atoms with van der Waals surface area (Å²) in [5.74, 6) is 0.972. The van der Waals surface area contributed by atoms with E-state index in [1.54, 1.807) is 4.68 Å². The van der Waals surface area contributed by atoms with Gasteiger partial charge in [-0.3, -0.25) is 4.68 Å². The molecule has 1 aromatic heterocycles. The zero-order valence-electron chi connectivity index (χ0n) is 9.45. The Labute approximate surface area is 91.1 Å². The van der Waals surface area contributed by atoms with E-state index in [1.165, 1.54) is 32.1 Å². The lowest BCUT2D eigenvalue weighted by Gasteiger charge is -2.24. The second-order valence-corrected chi connectivity index (χ2v) is 4.34. The SMILES string of the molecule is Cn1cc(N)c(N2CCCCCCC2)n1. The van der Waals surface area contributed by atoms with Crippen LogP contribution in [0, 0.1) is 0 Å². The Morgan fingerprint density at radius 1 is 1.13 bits per heavy atom. The Bertz CT molecular complexity index is 310. The molecule has 4 heteroatoms. The monoisotopic (exact) mass is 208 g/mol. The molecule has 0 radical (unpaired) electrons. The summed E-state index contributed by atoms with van der Waals surface area (Å²) in [6.07, 6.45) is 8.46. The number of hydrogen-bond donors (Lipinski definition) is 1. The highest BCUT2D eigenvalue weighted by atomic mass is 15.3. The van der Waals surface area contributed by atoms with Crippen LogP contribution in [0.5, 0.6) is 0 Å². The van der Waals surface area contributed by atoms with Gasteiger partial charge in [0.05, 0.1) is 5.69 Å². The first kappa shape index (κ1) is 10.3. The van der Waals surface area contributed by atoms with Crippen LogP contribution in [0.1, 0.15) is 32.1 Å². The van der Waals surface area contributed by atoms with Gasteiger partial charge in [0.25, 0.3) is 0 Å². The van der Waals surface area contributed by atoms with Gasteiger partial charge in [-0.15, -0.1) is 0 Å². The highest BCUT2D eigenvalue weighted by molar-refractivity contribution is 5.61. The third-order valence-electron chi connectivity index (χ3n) is 2.99. The molecule has 15 heavy (non-hydrogen) atoms. The molecule has 84 valence electrons. The zero-order chi connectivity index (χ0) is 10.7. The number of rotatable bonds is 1. The molecule has 4 nitrogen and oxygen atoms in total. The molecule has 0 aromatic carbocycles. The van der Waals surface area contributed by atoms with Gasteiger partial charge in [0, 0.05) is 26.3 Å². The lowest BCUT2D eigenvalue weighted by Crippen LogP contribution is -2.28. The summed E-state index contributed by atoms with van der Waals surface area (Å²) >= 11 is 0. The van der Waals surface area contributed by atoms with Crippen molar-refractivity contribution in [2.75, 3.05) is 23.7 Å². The van der Waals surface area contributed by atoms with Crippen LogP contribution in [0.4, 0.5) is 11.5 Å². The molecule has 0 bridgehead atoms. The van der Waals surface area contributed by atoms with Crippen LogP contribution in [0.25, 0.3) is 0 Å². The molecule has 0 spiro atoms. The lowest BCUT2D eigenvalue weighted by molar-refractivity contribution is 0.552. The molecule has 0 unspecified atom stereocenters. The predicted molar refractivity (Wildman–Crippen MR) is 62.9 cm³/mol. The van der Waals surface area contributed by atoms with Gasteiger partial charge in [-0.25, -0.2) is 0 Å². The number of anilines is 2. The number of nitrogen functional groups attached to an aromatic ring is 1. The van der Waals surface area contributed by atoms with Gasteiger partial charge >= 0.3 is 0 Å². The van der Waals surface area contributed by atoms with E-state index < -0.39 is 0 Å². The van der Waals surface area contributed by atoms with Gasteiger partial charge in [-0.1, -0.05) is 19.3 Å². The van der Waals surface area contributed by atoms with Crippen molar-refractivity contribution in [2.24, 2.45) is 7.05 Å². The Morgan fingerprint density at radius 2 is 1.73 bits per heavy atom. The Hall–Kier alpha value is -1.19. The van der Waals surface area contributed by atoms with Crippen LogP contribution in [0.15, 0.2) is 6.20 Å². The minimum atomic E-state index is 0.804. The molecule has 2 N–H and O–H groups in total. The van der Waals surface area contributed by atoms with Gasteiger partial charge in [0.15, 0.2) is 5.82 Å². The van der Waals surface area contributed by atoms with Crippen LogP contribution >= 0.6 is 0 Å². The summed E-state index contributed by atoms with van der Waals surface area (Å²) in [6, 6.07) is 0. The normalized spacial score (nSPS) is 18.6. The van der Waals surface area contributed by atoms with Crippen LogP contribution < -0.4 is 10.6 Å². The average molecular weight is 208 g/mol. The van der Waals surface area contributed by atoms with E-state index in [0.29, 0.717) is 0 Å². The largest absolute Gasteiger partial charge is 0.394 e. The summed E-state index contributed by atoms with van der Waals surface area (Å²) in [4.78, 5) is 2.33. The van der Waals surface area contributed by atoms with Crippen molar-refractivity contribution in [3.63, 3.8) is 0 Å². The van der Waals surface area contributed by atoms with Crippen molar-refractivity contribution in [3.8, 4) is 0 Å². The highest BCUT2D eigenvalue weighted by Crippen LogP contribution is 2.22. The van der Waals surface area contributed by atoms with E-state index in [2.05, 4.69) is 10.00 Å². The first-order valence-corrected chi connectivity index (χ1v) is 5.81. The van der Waals surface area contributed by atoms with E-state index in [-0.39, 0.29) is 0 Å². The van der Waals surface area contributed by atoms with Gasteiger partial charge < -0.3 is 10.6 Å². The fourth-order valence-electron chi connectivity index (χ4n) is 2.20. The fourth-order valence-corrected chi connectivity index (χ4v) is 2.20. The van der Waals surface area contributed by atoms with Crippen molar-refractivity contribution in [3.05, 3.63) is 6.20 Å². The predicted octanol–water partition coefficient (Wildman–Crippen LogP) is 1.77. The summed E-state index contributed by atoms with van der Waals surface area (Å²) in [5, 5.41) is 4.42. The molecule has 0 saturated carbocycles. The van der Waals surface area contributed by atoms with Gasteiger partial charge in [0.1, 0.15) is 0 Å². The standard InChI is InChI=1S/C11H20N4/c1-14-9-10(12)11(13-14)15-7-5-3-2-4-6-8-15/h9H,2-8,12H2,1H3. The quantitative estimate of drug-likeness (QED) is 0.765. The minimum Gasteiger partial charge on any atom is -0.394 e. The highest BCUT2D eigenvalue weighted by Gasteiger charge is 2.14. The maximum absolute atomic E-state index is 5.94. The minimum absolute atomic E-state index is 0.804. The number of nitrogens with zero attached hydrogens (tertiary/aromatic N) is 3. The Morgan fingerprint density at radius 3 is 2.27 bits per heavy atom. The fraction of sp³-hybridized carbons (Fsp3) is 0.727. The summed E-state index contributed by atoms with van der Waals surface area (Å²) in [6.45, 7) is 2.20. The van der Waals surface area contributed by atoms with E-state index in [0.717, 1.165) is 24.6 Å². The molecule has 1 aliphatic rings. The van der Waals surface area contributed by atoms with Crippen molar-refractivity contribution >= 4 is 11.5 Å². The van der Waals surface area contributed by atoms with Gasteiger partial charge in [-0.05, 0) is 12.8 Å². The molecule has 1 fully saturated rings. The van der Waals surface area contributed by atoms with Crippen LogP contribution in [0.2, 0.25) is 0 Å². The molecule has 2 rings (SSSR count). The van der Waals surface area contributed by atoms with Gasteiger partial charge in [-0.2, -0.15) is 5.10 Å². The van der Waals surface area contributed by atoms with Crippen molar-refractivity contribution in [1.29, 1.82) is 0 Å². The number of nitrogens with two attached hydrogens (primary N) is 1. The molecule has 1 aliphatic heterocycles. The summed E-state index contributed by atoms with van der Waals surface area (Å²) < 4.78 is 1.80. The number of aromatic nitrogens is 2. The second kappa shape index (κ2) is 4.55. The second-order valence-electron chi connectivity index (χ2n) is 4.34. The van der Waals surface area contributed by atoms with E-state index >= 15 is 0 Å². The van der Waals surface area contributed by atoms with E-state index in [1.807, 2.05) is 13.2 Å². The van der Waals surface area contributed by atoms with Crippen LogP contribution in [-0.2, 0) is 7.05 Å². The molecule has 0 aliphatic carbocycles. The first-order chi connectivity index (χ1) is 7.27. The molecule has 2 heterocycles. The zero-order valence-corrected chi connectivity index (χ0v) is 9.45. The number of aryl methyl sites for hydroxylation is 1. The lowest BCUT2D eigenvalue weighted by atomic mass is 10.1. The van der Waals surface area contributed by atoms with Crippen molar-refractivity contribution in [2.45, 2.75) is 32.1 Å². The molecular weight excluding hydrogens is 188 g/mol. The smallest absolute Gasteiger partial charge is 0.173 e. The summed E-state index contributed by atoms with van der Waals surface area (Å²) in [7, 11) is 1.92. The third kappa shape index (κ3) is 2.43.